The third kappa shape index (κ3) is 2.15. The molecular formula is C14H14Cl. The van der Waals surface area contributed by atoms with Gasteiger partial charge in [-0.1, -0.05) is 55.3 Å². The summed E-state index contributed by atoms with van der Waals surface area (Å²) >= 11 is 6.22. The fourth-order valence-corrected chi connectivity index (χ4v) is 2.12. The van der Waals surface area contributed by atoms with Crippen LogP contribution in [0, 0.1) is 6.92 Å². The molecule has 0 atom stereocenters. The Labute approximate surface area is 95.9 Å². The summed E-state index contributed by atoms with van der Waals surface area (Å²) in [5, 5.41) is 3.42. The van der Waals surface area contributed by atoms with Crippen LogP contribution in [0.25, 0.3) is 10.8 Å². The third-order valence-corrected chi connectivity index (χ3v) is 3.01. The van der Waals surface area contributed by atoms with Gasteiger partial charge in [0.25, 0.3) is 0 Å². The zero-order chi connectivity index (χ0) is 10.7. The van der Waals surface area contributed by atoms with Gasteiger partial charge >= 0.3 is 0 Å². The maximum atomic E-state index is 6.22. The zero-order valence-corrected chi connectivity index (χ0v) is 9.43. The molecule has 0 spiro atoms. The van der Waals surface area contributed by atoms with Gasteiger partial charge in [0.15, 0.2) is 0 Å². The molecule has 0 saturated heterocycles. The molecule has 0 aliphatic carbocycles. The van der Waals surface area contributed by atoms with Crippen LogP contribution in [0.1, 0.15) is 18.4 Å². The summed E-state index contributed by atoms with van der Waals surface area (Å²) in [6, 6.07) is 12.4. The summed E-state index contributed by atoms with van der Waals surface area (Å²) in [4.78, 5) is 0. The Morgan fingerprint density at radius 3 is 2.67 bits per heavy atom. The van der Waals surface area contributed by atoms with Crippen LogP contribution in [0.2, 0.25) is 5.02 Å². The Morgan fingerprint density at radius 2 is 1.87 bits per heavy atom. The number of benzene rings is 2. The first kappa shape index (κ1) is 10.5. The minimum Gasteiger partial charge on any atom is -0.0840 e. The minimum atomic E-state index is 0.877. The average molecular weight is 218 g/mol. The third-order valence-electron chi connectivity index (χ3n) is 2.66. The van der Waals surface area contributed by atoms with Gasteiger partial charge in [-0.3, -0.25) is 0 Å². The molecule has 2 aromatic carbocycles. The van der Waals surface area contributed by atoms with Crippen LogP contribution in [-0.4, -0.2) is 0 Å². The molecule has 1 radical (unpaired) electrons. The van der Waals surface area contributed by atoms with Crippen LogP contribution in [0.3, 0.4) is 0 Å². The molecule has 0 N–H and O–H groups in total. The number of hydrogen-bond acceptors (Lipinski definition) is 0. The van der Waals surface area contributed by atoms with E-state index in [9.17, 15) is 0 Å². The molecule has 0 bridgehead atoms. The van der Waals surface area contributed by atoms with E-state index in [1.54, 1.807) is 0 Å². The van der Waals surface area contributed by atoms with Gasteiger partial charge in [0.1, 0.15) is 0 Å². The van der Waals surface area contributed by atoms with Gasteiger partial charge in [-0.25, -0.2) is 0 Å². The second-order valence-corrected chi connectivity index (χ2v) is 4.11. The van der Waals surface area contributed by atoms with E-state index in [0.717, 1.165) is 24.3 Å². The first-order valence-corrected chi connectivity index (χ1v) is 5.66. The quantitative estimate of drug-likeness (QED) is 0.702. The molecule has 2 rings (SSSR count). The molecule has 0 heterocycles. The fourth-order valence-electron chi connectivity index (χ4n) is 1.87. The Bertz CT molecular complexity index is 460. The fraction of sp³-hybridized carbons (Fsp3) is 0.214. The van der Waals surface area contributed by atoms with E-state index in [2.05, 4.69) is 37.3 Å². The molecule has 0 aliphatic heterocycles. The Morgan fingerprint density at radius 1 is 1.07 bits per heavy atom. The number of unbranched alkanes of at least 4 members (excludes halogenated alkanes) is 1. The molecule has 0 aliphatic rings. The number of rotatable bonds is 3. The lowest BCUT2D eigenvalue weighted by Crippen LogP contribution is -1.88. The molecule has 77 valence electrons. The number of fused-ring (bicyclic) bond motifs is 1. The highest BCUT2D eigenvalue weighted by Gasteiger charge is 2.04. The van der Waals surface area contributed by atoms with Gasteiger partial charge in [-0.05, 0) is 35.2 Å². The second kappa shape index (κ2) is 4.67. The number of halogens is 1. The molecule has 1 heteroatoms. The van der Waals surface area contributed by atoms with Crippen LogP contribution in [0.15, 0.2) is 36.4 Å². The standard InChI is InChI=1S/C14H14Cl/c1-2-3-7-13-12-8-5-4-6-11(12)9-10-14(13)15/h4-6,8-10H,1-3,7H2. The van der Waals surface area contributed by atoms with Crippen molar-refractivity contribution >= 4 is 22.4 Å². The first-order valence-electron chi connectivity index (χ1n) is 5.28. The molecule has 0 saturated carbocycles. The van der Waals surface area contributed by atoms with E-state index >= 15 is 0 Å². The molecule has 0 unspecified atom stereocenters. The Kier molecular flexibility index (Phi) is 3.27. The van der Waals surface area contributed by atoms with Crippen molar-refractivity contribution in [2.24, 2.45) is 0 Å². The predicted molar refractivity (Wildman–Crippen MR) is 67.3 cm³/mol. The van der Waals surface area contributed by atoms with Gasteiger partial charge in [0.2, 0.25) is 0 Å². The molecule has 0 fully saturated rings. The van der Waals surface area contributed by atoms with E-state index in [1.165, 1.54) is 16.3 Å². The lowest BCUT2D eigenvalue weighted by atomic mass is 10.0. The van der Waals surface area contributed by atoms with Crippen molar-refractivity contribution in [1.82, 2.24) is 0 Å². The van der Waals surface area contributed by atoms with Gasteiger partial charge in [-0.15, -0.1) is 0 Å². The van der Waals surface area contributed by atoms with Crippen LogP contribution in [-0.2, 0) is 6.42 Å². The summed E-state index contributed by atoms with van der Waals surface area (Å²) in [7, 11) is 0. The summed E-state index contributed by atoms with van der Waals surface area (Å²) in [5.41, 5.74) is 1.26. The van der Waals surface area contributed by atoms with Gasteiger partial charge < -0.3 is 0 Å². The molecule has 0 nitrogen and oxygen atoms in total. The van der Waals surface area contributed by atoms with Gasteiger partial charge in [0, 0.05) is 5.02 Å². The first-order chi connectivity index (χ1) is 7.33. The van der Waals surface area contributed by atoms with Crippen LogP contribution in [0.4, 0.5) is 0 Å². The van der Waals surface area contributed by atoms with Crippen LogP contribution >= 0.6 is 11.6 Å². The van der Waals surface area contributed by atoms with Gasteiger partial charge in [-0.2, -0.15) is 0 Å². The maximum absolute atomic E-state index is 6.22. The topological polar surface area (TPSA) is 0 Å². The van der Waals surface area contributed by atoms with Crippen molar-refractivity contribution < 1.29 is 0 Å². The second-order valence-electron chi connectivity index (χ2n) is 3.70. The number of aryl methyl sites for hydroxylation is 1. The predicted octanol–water partition coefficient (Wildman–Crippen LogP) is 4.65. The highest BCUT2D eigenvalue weighted by Crippen LogP contribution is 2.27. The highest BCUT2D eigenvalue weighted by atomic mass is 35.5. The molecule has 0 aromatic heterocycles. The molecule has 15 heavy (non-hydrogen) atoms. The minimum absolute atomic E-state index is 0.877. The van der Waals surface area contributed by atoms with E-state index in [0.29, 0.717) is 0 Å². The largest absolute Gasteiger partial charge is 0.0840 e. The monoisotopic (exact) mass is 217 g/mol. The molecule has 0 amide bonds. The zero-order valence-electron chi connectivity index (χ0n) is 8.67. The average Bonchev–Trinajstić information content (AvgIpc) is 2.28. The summed E-state index contributed by atoms with van der Waals surface area (Å²) < 4.78 is 0. The van der Waals surface area contributed by atoms with Crippen molar-refractivity contribution in [3.8, 4) is 0 Å². The van der Waals surface area contributed by atoms with E-state index < -0.39 is 0 Å². The van der Waals surface area contributed by atoms with Crippen molar-refractivity contribution in [2.45, 2.75) is 19.3 Å². The van der Waals surface area contributed by atoms with E-state index in [-0.39, 0.29) is 0 Å². The number of hydrogen-bond donors (Lipinski definition) is 0. The van der Waals surface area contributed by atoms with Crippen molar-refractivity contribution in [1.29, 1.82) is 0 Å². The van der Waals surface area contributed by atoms with Crippen molar-refractivity contribution in [2.75, 3.05) is 0 Å². The lowest BCUT2D eigenvalue weighted by Gasteiger charge is -2.08. The van der Waals surface area contributed by atoms with Gasteiger partial charge in [0.05, 0.1) is 0 Å². The van der Waals surface area contributed by atoms with E-state index in [1.807, 2.05) is 6.07 Å². The van der Waals surface area contributed by atoms with Crippen LogP contribution in [0.5, 0.6) is 0 Å². The lowest BCUT2D eigenvalue weighted by molar-refractivity contribution is 0.846. The normalized spacial score (nSPS) is 10.8. The molecular weight excluding hydrogens is 204 g/mol. The Hall–Kier alpha value is -1.01. The van der Waals surface area contributed by atoms with Crippen molar-refractivity contribution in [3.05, 3.63) is 53.9 Å². The summed E-state index contributed by atoms with van der Waals surface area (Å²) in [5.74, 6) is 0. The van der Waals surface area contributed by atoms with Crippen LogP contribution < -0.4 is 0 Å². The molecule has 2 aromatic rings. The van der Waals surface area contributed by atoms with Crippen molar-refractivity contribution in [3.63, 3.8) is 0 Å². The van der Waals surface area contributed by atoms with E-state index in [4.69, 9.17) is 11.6 Å². The highest BCUT2D eigenvalue weighted by molar-refractivity contribution is 6.32. The Balaban J connectivity index is 2.53. The maximum Gasteiger partial charge on any atom is 0.0444 e. The smallest absolute Gasteiger partial charge is 0.0444 e. The summed E-state index contributed by atoms with van der Waals surface area (Å²) in [6.07, 6.45) is 3.07. The summed E-state index contributed by atoms with van der Waals surface area (Å²) in [6.45, 7) is 3.87. The SMILES string of the molecule is [CH2]CCCc1c(Cl)ccc2ccccc12.